The van der Waals surface area contributed by atoms with E-state index in [1.807, 2.05) is 0 Å². The lowest BCUT2D eigenvalue weighted by molar-refractivity contribution is -0.150. The van der Waals surface area contributed by atoms with Crippen molar-refractivity contribution in [1.82, 2.24) is 0 Å². The molecule has 0 aromatic carbocycles. The largest absolute Gasteiger partial charge is 0.481 e. The summed E-state index contributed by atoms with van der Waals surface area (Å²) in [6.45, 7) is 2.83. The fraction of sp³-hybridized carbons (Fsp3) is 0.929. The zero-order valence-corrected chi connectivity index (χ0v) is 10.8. The van der Waals surface area contributed by atoms with E-state index in [0.717, 1.165) is 45.1 Å². The summed E-state index contributed by atoms with van der Waals surface area (Å²) in [6, 6.07) is 0. The second kappa shape index (κ2) is 5.38. The highest BCUT2D eigenvalue weighted by molar-refractivity contribution is 5.70. The van der Waals surface area contributed by atoms with Crippen LogP contribution < -0.4 is 0 Å². The van der Waals surface area contributed by atoms with Gasteiger partial charge in [0.25, 0.3) is 0 Å². The van der Waals surface area contributed by atoms with Gasteiger partial charge in [-0.05, 0) is 38.0 Å². The number of carboxylic acids is 1. The maximum absolute atomic E-state index is 11.4. The van der Waals surface area contributed by atoms with E-state index in [9.17, 15) is 9.90 Å². The van der Waals surface area contributed by atoms with Crippen molar-refractivity contribution in [2.24, 2.45) is 11.8 Å². The Morgan fingerprint density at radius 1 is 1.47 bits per heavy atom. The first kappa shape index (κ1) is 12.9. The van der Waals surface area contributed by atoms with Crippen LogP contribution in [-0.4, -0.2) is 23.3 Å². The Kier molecular flexibility index (Phi) is 4.08. The molecule has 1 aliphatic heterocycles. The highest BCUT2D eigenvalue weighted by atomic mass is 16.5. The molecule has 3 heteroatoms. The Labute approximate surface area is 104 Å². The van der Waals surface area contributed by atoms with Crippen LogP contribution in [0.25, 0.3) is 0 Å². The Morgan fingerprint density at radius 3 is 2.76 bits per heavy atom. The van der Waals surface area contributed by atoms with Crippen molar-refractivity contribution < 1.29 is 14.6 Å². The van der Waals surface area contributed by atoms with Crippen molar-refractivity contribution in [3.63, 3.8) is 0 Å². The quantitative estimate of drug-likeness (QED) is 0.820. The van der Waals surface area contributed by atoms with Crippen molar-refractivity contribution in [2.45, 2.75) is 63.9 Å². The molecule has 1 aliphatic carbocycles. The molecule has 2 aliphatic rings. The minimum atomic E-state index is -0.605. The molecule has 2 unspecified atom stereocenters. The van der Waals surface area contributed by atoms with Crippen molar-refractivity contribution in [2.75, 3.05) is 6.61 Å². The first-order chi connectivity index (χ1) is 8.17. The fourth-order valence-corrected chi connectivity index (χ4v) is 3.65. The lowest BCUT2D eigenvalue weighted by atomic mass is 9.76. The van der Waals surface area contributed by atoms with Crippen LogP contribution in [0.3, 0.4) is 0 Å². The van der Waals surface area contributed by atoms with Crippen LogP contribution in [0.5, 0.6) is 0 Å². The van der Waals surface area contributed by atoms with Crippen LogP contribution in [0.15, 0.2) is 0 Å². The summed E-state index contributed by atoms with van der Waals surface area (Å²) >= 11 is 0. The normalized spacial score (nSPS) is 29.4. The van der Waals surface area contributed by atoms with Gasteiger partial charge in [0.1, 0.15) is 0 Å². The van der Waals surface area contributed by atoms with Crippen molar-refractivity contribution in [3.05, 3.63) is 0 Å². The van der Waals surface area contributed by atoms with Gasteiger partial charge in [0.05, 0.1) is 11.5 Å². The summed E-state index contributed by atoms with van der Waals surface area (Å²) in [6.07, 6.45) is 8.46. The minimum absolute atomic E-state index is 0.0460. The van der Waals surface area contributed by atoms with Crippen LogP contribution in [0.1, 0.15) is 58.3 Å². The maximum atomic E-state index is 11.4. The first-order valence-corrected chi connectivity index (χ1v) is 7.04. The third-order valence-electron chi connectivity index (χ3n) is 4.53. The second-order valence-corrected chi connectivity index (χ2v) is 5.72. The molecular formula is C14H24O3. The highest BCUT2D eigenvalue weighted by Gasteiger charge is 2.43. The SMILES string of the molecule is CCCC(C(=O)O)C1CCOC2(CCCC2)C1. The van der Waals surface area contributed by atoms with E-state index in [0.29, 0.717) is 5.92 Å². The predicted molar refractivity (Wildman–Crippen MR) is 65.9 cm³/mol. The predicted octanol–water partition coefficient (Wildman–Crippen LogP) is 3.23. The Hall–Kier alpha value is -0.570. The van der Waals surface area contributed by atoms with Gasteiger partial charge in [-0.15, -0.1) is 0 Å². The number of rotatable bonds is 4. The molecule has 3 nitrogen and oxygen atoms in total. The first-order valence-electron chi connectivity index (χ1n) is 7.04. The van der Waals surface area contributed by atoms with Crippen LogP contribution in [-0.2, 0) is 9.53 Å². The summed E-state index contributed by atoms with van der Waals surface area (Å²) < 4.78 is 5.97. The molecular weight excluding hydrogens is 216 g/mol. The van der Waals surface area contributed by atoms with Gasteiger partial charge in [0.2, 0.25) is 0 Å². The van der Waals surface area contributed by atoms with E-state index in [1.54, 1.807) is 0 Å². The van der Waals surface area contributed by atoms with E-state index in [1.165, 1.54) is 12.8 Å². The number of hydrogen-bond acceptors (Lipinski definition) is 2. The molecule has 0 aromatic heterocycles. The topological polar surface area (TPSA) is 46.5 Å². The number of aliphatic carboxylic acids is 1. The van der Waals surface area contributed by atoms with Gasteiger partial charge in [0.15, 0.2) is 0 Å². The number of carbonyl (C=O) groups is 1. The second-order valence-electron chi connectivity index (χ2n) is 5.72. The number of ether oxygens (including phenoxy) is 1. The number of hydrogen-bond donors (Lipinski definition) is 1. The Morgan fingerprint density at radius 2 is 2.18 bits per heavy atom. The molecule has 1 saturated heterocycles. The average molecular weight is 240 g/mol. The molecule has 2 atom stereocenters. The molecule has 1 spiro atoms. The van der Waals surface area contributed by atoms with Gasteiger partial charge < -0.3 is 9.84 Å². The van der Waals surface area contributed by atoms with E-state index < -0.39 is 5.97 Å². The van der Waals surface area contributed by atoms with E-state index in [2.05, 4.69) is 6.92 Å². The third-order valence-corrected chi connectivity index (χ3v) is 4.53. The van der Waals surface area contributed by atoms with Crippen LogP contribution in [0.2, 0.25) is 0 Å². The summed E-state index contributed by atoms with van der Waals surface area (Å²) in [5.74, 6) is -0.424. The van der Waals surface area contributed by atoms with Gasteiger partial charge in [-0.2, -0.15) is 0 Å². The maximum Gasteiger partial charge on any atom is 0.306 e. The molecule has 0 aromatic rings. The molecule has 0 radical (unpaired) electrons. The van der Waals surface area contributed by atoms with E-state index in [4.69, 9.17) is 4.74 Å². The van der Waals surface area contributed by atoms with Crippen molar-refractivity contribution >= 4 is 5.97 Å². The van der Waals surface area contributed by atoms with Gasteiger partial charge in [-0.3, -0.25) is 4.79 Å². The molecule has 1 N–H and O–H groups in total. The zero-order chi connectivity index (χ0) is 12.3. The standard InChI is InChI=1S/C14H24O3/c1-2-5-12(13(15)16)11-6-9-17-14(10-11)7-3-4-8-14/h11-12H,2-10H2,1H3,(H,15,16). The van der Waals surface area contributed by atoms with E-state index >= 15 is 0 Å². The van der Waals surface area contributed by atoms with Gasteiger partial charge >= 0.3 is 5.97 Å². The van der Waals surface area contributed by atoms with Gasteiger partial charge in [0, 0.05) is 6.61 Å². The lowest BCUT2D eigenvalue weighted by Crippen LogP contribution is -2.41. The minimum Gasteiger partial charge on any atom is -0.481 e. The molecule has 2 rings (SSSR count). The molecule has 17 heavy (non-hydrogen) atoms. The lowest BCUT2D eigenvalue weighted by Gasteiger charge is -2.40. The Balaban J connectivity index is 2.02. The van der Waals surface area contributed by atoms with Gasteiger partial charge in [-0.25, -0.2) is 0 Å². The van der Waals surface area contributed by atoms with Crippen molar-refractivity contribution in [1.29, 1.82) is 0 Å². The Bertz CT molecular complexity index is 269. The van der Waals surface area contributed by atoms with Crippen LogP contribution in [0, 0.1) is 11.8 Å². The van der Waals surface area contributed by atoms with E-state index in [-0.39, 0.29) is 11.5 Å². The molecule has 2 fully saturated rings. The zero-order valence-electron chi connectivity index (χ0n) is 10.8. The van der Waals surface area contributed by atoms with Gasteiger partial charge in [-0.1, -0.05) is 26.2 Å². The van der Waals surface area contributed by atoms with Crippen LogP contribution >= 0.6 is 0 Å². The summed E-state index contributed by atoms with van der Waals surface area (Å²) in [7, 11) is 0. The molecule has 0 amide bonds. The molecule has 1 heterocycles. The average Bonchev–Trinajstić information content (AvgIpc) is 2.73. The smallest absolute Gasteiger partial charge is 0.306 e. The molecule has 98 valence electrons. The van der Waals surface area contributed by atoms with Crippen LogP contribution in [0.4, 0.5) is 0 Å². The monoisotopic (exact) mass is 240 g/mol. The highest BCUT2D eigenvalue weighted by Crippen LogP contribution is 2.44. The van der Waals surface area contributed by atoms with Crippen molar-refractivity contribution in [3.8, 4) is 0 Å². The summed E-state index contributed by atoms with van der Waals surface area (Å²) in [5, 5.41) is 9.35. The summed E-state index contributed by atoms with van der Waals surface area (Å²) in [5.41, 5.74) is 0.0460. The summed E-state index contributed by atoms with van der Waals surface area (Å²) in [4.78, 5) is 11.4. The number of carboxylic acid groups (broad SMARTS) is 1. The molecule has 0 bridgehead atoms. The third kappa shape index (κ3) is 2.82. The fourth-order valence-electron chi connectivity index (χ4n) is 3.65. The molecule has 1 saturated carbocycles.